The lowest BCUT2D eigenvalue weighted by Crippen LogP contribution is -2.24. The fourth-order valence-electron chi connectivity index (χ4n) is 3.03. The van der Waals surface area contributed by atoms with Gasteiger partial charge in [0.05, 0.1) is 25.3 Å². The van der Waals surface area contributed by atoms with Gasteiger partial charge >= 0.3 is 0 Å². The maximum atomic E-state index is 12.8. The average molecular weight is 363 g/mol. The van der Waals surface area contributed by atoms with Crippen LogP contribution in [0, 0.1) is 6.92 Å². The van der Waals surface area contributed by atoms with E-state index in [1.807, 2.05) is 13.0 Å². The van der Waals surface area contributed by atoms with Gasteiger partial charge in [-0.05, 0) is 35.8 Å². The molecule has 0 saturated carbocycles. The summed E-state index contributed by atoms with van der Waals surface area (Å²) in [6.07, 6.45) is 8.39. The minimum absolute atomic E-state index is 0.00988. The highest BCUT2D eigenvalue weighted by molar-refractivity contribution is 7.91. The zero-order valence-corrected chi connectivity index (χ0v) is 15.6. The number of hydrogen-bond donors (Lipinski definition) is 0. The predicted molar refractivity (Wildman–Crippen MR) is 97.9 cm³/mol. The number of hydrogen-bond acceptors (Lipinski definition) is 5. The monoisotopic (exact) mass is 363 g/mol. The molecular formula is C19H25NO4S. The summed E-state index contributed by atoms with van der Waals surface area (Å²) in [4.78, 5) is 4.42. The molecular weight excluding hydrogens is 338 g/mol. The molecule has 0 fully saturated rings. The molecule has 2 aliphatic rings. The smallest absolute Gasteiger partial charge is 0.148 e. The zero-order valence-electron chi connectivity index (χ0n) is 14.8. The van der Waals surface area contributed by atoms with Crippen LogP contribution in [0.15, 0.2) is 35.7 Å². The second-order valence-electron chi connectivity index (χ2n) is 6.25. The van der Waals surface area contributed by atoms with Crippen LogP contribution in [-0.4, -0.2) is 41.7 Å². The van der Waals surface area contributed by atoms with Gasteiger partial charge in [-0.1, -0.05) is 6.08 Å². The first kappa shape index (κ1) is 18.3. The Hall–Kier alpha value is -1.50. The van der Waals surface area contributed by atoms with Gasteiger partial charge in [-0.3, -0.25) is 4.98 Å². The minimum Gasteiger partial charge on any atom is -0.616 e. The van der Waals surface area contributed by atoms with Gasteiger partial charge in [-0.2, -0.15) is 0 Å². The Morgan fingerprint density at radius 2 is 2.28 bits per heavy atom. The first-order chi connectivity index (χ1) is 12.2. The second-order valence-corrected chi connectivity index (χ2v) is 7.90. The SMILES string of the molecule is COCCCOc1ccnc(C[S+]([O-])C2C=CC3=C(C2)OCC3)c1C. The van der Waals surface area contributed by atoms with Crippen LogP contribution >= 0.6 is 0 Å². The van der Waals surface area contributed by atoms with Gasteiger partial charge in [0.25, 0.3) is 0 Å². The summed E-state index contributed by atoms with van der Waals surface area (Å²) in [5, 5.41) is -0.00988. The molecule has 5 nitrogen and oxygen atoms in total. The third-order valence-electron chi connectivity index (χ3n) is 4.53. The van der Waals surface area contributed by atoms with Crippen molar-refractivity contribution in [3.05, 3.63) is 47.0 Å². The molecule has 1 aromatic rings. The van der Waals surface area contributed by atoms with Crippen LogP contribution < -0.4 is 4.74 Å². The van der Waals surface area contributed by atoms with Crippen LogP contribution in [0.4, 0.5) is 0 Å². The molecule has 0 aromatic carbocycles. The highest BCUT2D eigenvalue weighted by atomic mass is 32.2. The lowest BCUT2D eigenvalue weighted by Gasteiger charge is -2.22. The number of pyridine rings is 1. The first-order valence-electron chi connectivity index (χ1n) is 8.65. The van der Waals surface area contributed by atoms with Crippen molar-refractivity contribution in [3.63, 3.8) is 0 Å². The van der Waals surface area contributed by atoms with Crippen LogP contribution in [0.1, 0.15) is 30.5 Å². The molecule has 2 unspecified atom stereocenters. The number of allylic oxidation sites excluding steroid dienone is 2. The third kappa shape index (κ3) is 4.57. The number of aromatic nitrogens is 1. The second kappa shape index (κ2) is 8.74. The van der Waals surface area contributed by atoms with Gasteiger partial charge in [0.1, 0.15) is 22.5 Å². The van der Waals surface area contributed by atoms with E-state index in [0.717, 1.165) is 48.6 Å². The van der Waals surface area contributed by atoms with E-state index in [1.165, 1.54) is 5.57 Å². The molecule has 0 amide bonds. The van der Waals surface area contributed by atoms with E-state index < -0.39 is 11.2 Å². The summed E-state index contributed by atoms with van der Waals surface area (Å²) in [7, 11) is 1.68. The molecule has 2 atom stereocenters. The fraction of sp³-hybridized carbons (Fsp3) is 0.526. The quantitative estimate of drug-likeness (QED) is 0.525. The lowest BCUT2D eigenvalue weighted by atomic mass is 10.0. The van der Waals surface area contributed by atoms with E-state index in [-0.39, 0.29) is 5.25 Å². The summed E-state index contributed by atoms with van der Waals surface area (Å²) >= 11 is -1.03. The van der Waals surface area contributed by atoms with Crippen molar-refractivity contribution in [3.8, 4) is 5.75 Å². The Morgan fingerprint density at radius 1 is 1.40 bits per heavy atom. The Balaban J connectivity index is 1.59. The molecule has 136 valence electrons. The number of methoxy groups -OCH3 is 1. The molecule has 2 heterocycles. The molecule has 0 saturated heterocycles. The van der Waals surface area contributed by atoms with Crippen LogP contribution in [0.3, 0.4) is 0 Å². The molecule has 1 aromatic heterocycles. The summed E-state index contributed by atoms with van der Waals surface area (Å²) in [5.41, 5.74) is 3.06. The van der Waals surface area contributed by atoms with Crippen molar-refractivity contribution in [1.29, 1.82) is 0 Å². The maximum absolute atomic E-state index is 12.8. The van der Waals surface area contributed by atoms with Crippen molar-refractivity contribution in [2.24, 2.45) is 0 Å². The van der Waals surface area contributed by atoms with E-state index in [0.29, 0.717) is 19.0 Å². The van der Waals surface area contributed by atoms with E-state index in [9.17, 15) is 4.55 Å². The molecule has 0 bridgehead atoms. The van der Waals surface area contributed by atoms with E-state index in [1.54, 1.807) is 13.3 Å². The van der Waals surface area contributed by atoms with Crippen LogP contribution in [0.5, 0.6) is 5.75 Å². The van der Waals surface area contributed by atoms with Gasteiger partial charge in [0, 0.05) is 38.3 Å². The van der Waals surface area contributed by atoms with Gasteiger partial charge in [-0.15, -0.1) is 0 Å². The summed E-state index contributed by atoms with van der Waals surface area (Å²) in [5.74, 6) is 2.25. The highest BCUT2D eigenvalue weighted by Crippen LogP contribution is 2.32. The summed E-state index contributed by atoms with van der Waals surface area (Å²) in [6, 6.07) is 1.86. The standard InChI is InChI=1S/C19H25NO4S/c1-14-17(20-8-6-18(14)23-10-3-9-22-2)13-25(21)16-5-4-15-7-11-24-19(15)12-16/h4-6,8,16H,3,7,9-13H2,1-2H3. The molecule has 3 rings (SSSR count). The Kier molecular flexibility index (Phi) is 6.39. The van der Waals surface area contributed by atoms with Crippen molar-refractivity contribution < 1.29 is 18.8 Å². The normalized spacial score (nSPS) is 20.4. The molecule has 1 aliphatic carbocycles. The number of nitrogens with zero attached hydrogens (tertiary/aromatic N) is 1. The first-order valence-corrected chi connectivity index (χ1v) is 10.0. The molecule has 0 spiro atoms. The number of ether oxygens (including phenoxy) is 3. The largest absolute Gasteiger partial charge is 0.616 e. The molecule has 0 N–H and O–H groups in total. The van der Waals surface area contributed by atoms with Crippen molar-refractivity contribution >= 4 is 11.2 Å². The van der Waals surface area contributed by atoms with Gasteiger partial charge in [0.15, 0.2) is 0 Å². The molecule has 0 radical (unpaired) electrons. The number of rotatable bonds is 8. The van der Waals surface area contributed by atoms with Crippen LogP contribution in [0.25, 0.3) is 0 Å². The highest BCUT2D eigenvalue weighted by Gasteiger charge is 2.29. The van der Waals surface area contributed by atoms with Crippen molar-refractivity contribution in [2.45, 2.75) is 37.2 Å². The Labute approximate surface area is 152 Å². The third-order valence-corrected chi connectivity index (χ3v) is 6.09. The Morgan fingerprint density at radius 3 is 3.12 bits per heavy atom. The zero-order chi connectivity index (χ0) is 17.6. The van der Waals surface area contributed by atoms with Crippen LogP contribution in [-0.2, 0) is 26.4 Å². The van der Waals surface area contributed by atoms with Gasteiger partial charge in [0.2, 0.25) is 0 Å². The predicted octanol–water partition coefficient (Wildman–Crippen LogP) is 3.06. The van der Waals surface area contributed by atoms with Crippen molar-refractivity contribution in [1.82, 2.24) is 4.98 Å². The lowest BCUT2D eigenvalue weighted by molar-refractivity contribution is 0.172. The van der Waals surface area contributed by atoms with Crippen LogP contribution in [0.2, 0.25) is 0 Å². The van der Waals surface area contributed by atoms with Crippen molar-refractivity contribution in [2.75, 3.05) is 26.9 Å². The topological polar surface area (TPSA) is 63.6 Å². The minimum atomic E-state index is -1.03. The fourth-order valence-corrected chi connectivity index (χ4v) is 4.39. The van der Waals surface area contributed by atoms with E-state index in [4.69, 9.17) is 14.2 Å². The average Bonchev–Trinajstić information content (AvgIpc) is 3.09. The summed E-state index contributed by atoms with van der Waals surface area (Å²) < 4.78 is 29.3. The Bertz CT molecular complexity index is 659. The van der Waals surface area contributed by atoms with Gasteiger partial charge < -0.3 is 18.8 Å². The van der Waals surface area contributed by atoms with E-state index in [2.05, 4.69) is 17.1 Å². The maximum Gasteiger partial charge on any atom is 0.148 e. The molecule has 6 heteroatoms. The molecule has 1 aliphatic heterocycles. The summed E-state index contributed by atoms with van der Waals surface area (Å²) in [6.45, 7) is 4.00. The van der Waals surface area contributed by atoms with Gasteiger partial charge in [-0.25, -0.2) is 0 Å². The molecule has 25 heavy (non-hydrogen) atoms. The van der Waals surface area contributed by atoms with E-state index >= 15 is 0 Å².